The minimum atomic E-state index is -1.14. The second-order valence-electron chi connectivity index (χ2n) is 7.31. The lowest BCUT2D eigenvalue weighted by Crippen LogP contribution is -2.41. The Labute approximate surface area is 199 Å². The molecule has 2 N–H and O–H groups in total. The number of carboxylic acids is 1. The maximum absolute atomic E-state index is 12.0. The molecule has 0 aromatic carbocycles. The fourth-order valence-electron chi connectivity index (χ4n) is 2.86. The molecule has 0 aliphatic carbocycles. The van der Waals surface area contributed by atoms with Crippen molar-refractivity contribution in [3.63, 3.8) is 0 Å². The zero-order chi connectivity index (χ0) is 25.0. The number of nitrogens with one attached hydrogen (secondary N) is 1. The molecule has 194 valence electrons. The first-order valence-electron chi connectivity index (χ1n) is 11.3. The normalized spacial score (nSPS) is 14.1. The lowest BCUT2D eigenvalue weighted by Gasteiger charge is -2.16. The molecule has 0 bridgehead atoms. The van der Waals surface area contributed by atoms with Crippen molar-refractivity contribution < 1.29 is 48.0 Å². The lowest BCUT2D eigenvalue weighted by molar-refractivity contribution is -0.142. The Morgan fingerprint density at radius 1 is 0.853 bits per heavy atom. The Kier molecular flexibility index (Phi) is 16.6. The molecule has 0 radical (unpaired) electrons. The van der Waals surface area contributed by atoms with Gasteiger partial charge in [0.05, 0.1) is 59.5 Å². The number of imide groups is 1. The summed E-state index contributed by atoms with van der Waals surface area (Å²) in [4.78, 5) is 47.4. The molecule has 1 heterocycles. The molecule has 0 unspecified atom stereocenters. The molecule has 1 aliphatic heterocycles. The van der Waals surface area contributed by atoms with Crippen molar-refractivity contribution >= 4 is 23.7 Å². The van der Waals surface area contributed by atoms with Crippen LogP contribution in [0.1, 0.15) is 25.7 Å². The molecule has 1 rings (SSSR count). The number of aliphatic carboxylic acids is 1. The number of hydrogen-bond donors (Lipinski definition) is 2. The van der Waals surface area contributed by atoms with Crippen LogP contribution in [0, 0.1) is 0 Å². The van der Waals surface area contributed by atoms with Gasteiger partial charge in [-0.15, -0.1) is 0 Å². The van der Waals surface area contributed by atoms with Crippen LogP contribution in [0.15, 0.2) is 12.2 Å². The third-order valence-electron chi connectivity index (χ3n) is 4.68. The molecule has 0 aromatic heterocycles. The van der Waals surface area contributed by atoms with E-state index in [9.17, 15) is 24.3 Å². The first-order valence-corrected chi connectivity index (χ1v) is 11.3. The van der Waals surface area contributed by atoms with Crippen LogP contribution in [0.2, 0.25) is 0 Å². The van der Waals surface area contributed by atoms with E-state index >= 15 is 0 Å². The van der Waals surface area contributed by atoms with E-state index in [2.05, 4.69) is 5.32 Å². The SMILES string of the molecule is COCCOCCOCCOCCOCCC(=O)N[C@@H](CCCCN1C(=O)C=CC1=O)C(=O)O. The van der Waals surface area contributed by atoms with Crippen LogP contribution < -0.4 is 5.32 Å². The maximum atomic E-state index is 12.0. The Balaban J connectivity index is 1.98. The van der Waals surface area contributed by atoms with Gasteiger partial charge >= 0.3 is 5.97 Å². The summed E-state index contributed by atoms with van der Waals surface area (Å²) in [6.07, 6.45) is 3.52. The van der Waals surface area contributed by atoms with Gasteiger partial charge in [-0.05, 0) is 19.3 Å². The summed E-state index contributed by atoms with van der Waals surface area (Å²) >= 11 is 0. The molecule has 0 saturated heterocycles. The number of hydrogen-bond acceptors (Lipinski definition) is 9. The predicted molar refractivity (Wildman–Crippen MR) is 119 cm³/mol. The van der Waals surface area contributed by atoms with Crippen LogP contribution in [-0.4, -0.2) is 113 Å². The number of carbonyl (C=O) groups is 4. The fourth-order valence-corrected chi connectivity index (χ4v) is 2.86. The molecule has 12 heteroatoms. The van der Waals surface area contributed by atoms with Gasteiger partial charge in [-0.2, -0.15) is 0 Å². The number of nitrogens with zero attached hydrogens (tertiary/aromatic N) is 1. The smallest absolute Gasteiger partial charge is 0.326 e. The standard InChI is InChI=1S/C22H36N2O10/c1-30-10-11-32-14-15-34-17-16-33-13-12-31-9-7-19(25)23-18(22(28)29)4-2-3-8-24-20(26)5-6-21(24)27/h5-6,18H,2-4,7-17H2,1H3,(H,23,25)(H,28,29)/t18-/m0/s1. The van der Waals surface area contributed by atoms with Crippen molar-refractivity contribution in [2.75, 3.05) is 73.1 Å². The van der Waals surface area contributed by atoms with Crippen LogP contribution in [0.5, 0.6) is 0 Å². The molecular formula is C22H36N2O10. The largest absolute Gasteiger partial charge is 0.480 e. The highest BCUT2D eigenvalue weighted by atomic mass is 16.6. The zero-order valence-corrected chi connectivity index (χ0v) is 19.7. The van der Waals surface area contributed by atoms with Gasteiger partial charge < -0.3 is 34.1 Å². The number of unbranched alkanes of at least 4 members (excludes halogenated alkanes) is 1. The van der Waals surface area contributed by atoms with Gasteiger partial charge in [-0.25, -0.2) is 4.79 Å². The second kappa shape index (κ2) is 19.0. The topological polar surface area (TPSA) is 150 Å². The molecule has 0 aromatic rings. The van der Waals surface area contributed by atoms with Gasteiger partial charge in [0.2, 0.25) is 5.91 Å². The van der Waals surface area contributed by atoms with E-state index < -0.39 is 17.9 Å². The van der Waals surface area contributed by atoms with Crippen LogP contribution in [0.25, 0.3) is 0 Å². The van der Waals surface area contributed by atoms with Crippen molar-refractivity contribution in [1.29, 1.82) is 0 Å². The van der Waals surface area contributed by atoms with Gasteiger partial charge in [-0.3, -0.25) is 19.3 Å². The summed E-state index contributed by atoms with van der Waals surface area (Å²) in [5.41, 5.74) is 0. The average Bonchev–Trinajstić information content (AvgIpc) is 3.13. The number of carboxylic acid groups (broad SMARTS) is 1. The van der Waals surface area contributed by atoms with Crippen molar-refractivity contribution in [2.24, 2.45) is 0 Å². The van der Waals surface area contributed by atoms with E-state index in [1.165, 1.54) is 12.2 Å². The van der Waals surface area contributed by atoms with Crippen LogP contribution in [-0.2, 0) is 42.9 Å². The summed E-state index contributed by atoms with van der Waals surface area (Å²) in [5, 5.41) is 11.8. The summed E-state index contributed by atoms with van der Waals surface area (Å²) in [7, 11) is 1.61. The fraction of sp³-hybridized carbons (Fsp3) is 0.727. The minimum absolute atomic E-state index is 0.0262. The highest BCUT2D eigenvalue weighted by Gasteiger charge is 2.23. The van der Waals surface area contributed by atoms with Gasteiger partial charge in [0.25, 0.3) is 11.8 Å². The first-order chi connectivity index (χ1) is 16.5. The molecule has 3 amide bonds. The molecule has 12 nitrogen and oxygen atoms in total. The third kappa shape index (κ3) is 14.0. The van der Waals surface area contributed by atoms with E-state index in [-0.39, 0.29) is 37.8 Å². The van der Waals surface area contributed by atoms with Gasteiger partial charge in [0.15, 0.2) is 0 Å². The lowest BCUT2D eigenvalue weighted by atomic mass is 10.1. The van der Waals surface area contributed by atoms with E-state index in [1.807, 2.05) is 0 Å². The third-order valence-corrected chi connectivity index (χ3v) is 4.68. The molecular weight excluding hydrogens is 452 g/mol. The summed E-state index contributed by atoms with van der Waals surface area (Å²) in [6, 6.07) is -1.04. The van der Waals surface area contributed by atoms with Crippen molar-refractivity contribution in [3.8, 4) is 0 Å². The molecule has 0 spiro atoms. The van der Waals surface area contributed by atoms with E-state index in [4.69, 9.17) is 23.7 Å². The molecule has 1 atom stereocenters. The Morgan fingerprint density at radius 2 is 1.35 bits per heavy atom. The summed E-state index contributed by atoms with van der Waals surface area (Å²) < 4.78 is 26.1. The minimum Gasteiger partial charge on any atom is -0.480 e. The van der Waals surface area contributed by atoms with Crippen LogP contribution in [0.3, 0.4) is 0 Å². The van der Waals surface area contributed by atoms with Crippen molar-refractivity contribution in [3.05, 3.63) is 12.2 Å². The number of methoxy groups -OCH3 is 1. The van der Waals surface area contributed by atoms with Gasteiger partial charge in [0.1, 0.15) is 6.04 Å². The summed E-state index contributed by atoms with van der Waals surface area (Å²) in [5.74, 6) is -2.30. The Bertz CT molecular complexity index is 638. The first kappa shape index (κ1) is 29.7. The zero-order valence-electron chi connectivity index (χ0n) is 19.7. The maximum Gasteiger partial charge on any atom is 0.326 e. The van der Waals surface area contributed by atoms with E-state index in [0.717, 1.165) is 4.90 Å². The second-order valence-corrected chi connectivity index (χ2v) is 7.31. The average molecular weight is 489 g/mol. The highest BCUT2D eigenvalue weighted by molar-refractivity contribution is 6.12. The Morgan fingerprint density at radius 3 is 1.85 bits per heavy atom. The van der Waals surface area contributed by atoms with Gasteiger partial charge in [0, 0.05) is 32.2 Å². The van der Waals surface area contributed by atoms with Crippen molar-refractivity contribution in [1.82, 2.24) is 10.2 Å². The molecule has 0 saturated carbocycles. The highest BCUT2D eigenvalue weighted by Crippen LogP contribution is 2.08. The molecule has 34 heavy (non-hydrogen) atoms. The Hall–Kier alpha value is -2.38. The summed E-state index contributed by atoms with van der Waals surface area (Å²) in [6.45, 7) is 3.93. The number of amides is 3. The van der Waals surface area contributed by atoms with Crippen molar-refractivity contribution in [2.45, 2.75) is 31.7 Å². The number of carbonyl (C=O) groups excluding carboxylic acids is 3. The number of rotatable bonds is 22. The molecule has 1 aliphatic rings. The van der Waals surface area contributed by atoms with Crippen LogP contribution >= 0.6 is 0 Å². The molecule has 0 fully saturated rings. The number of ether oxygens (including phenoxy) is 5. The monoisotopic (exact) mass is 488 g/mol. The van der Waals surface area contributed by atoms with Crippen LogP contribution in [0.4, 0.5) is 0 Å². The predicted octanol–water partition coefficient (Wildman–Crippen LogP) is -0.246. The van der Waals surface area contributed by atoms with E-state index in [1.54, 1.807) is 7.11 Å². The quantitative estimate of drug-likeness (QED) is 0.154. The van der Waals surface area contributed by atoms with Gasteiger partial charge in [-0.1, -0.05) is 0 Å². The van der Waals surface area contributed by atoms with E-state index in [0.29, 0.717) is 65.7 Å².